The number of ether oxygens (including phenoxy) is 1. The Kier molecular flexibility index (Phi) is 3.64. The van der Waals surface area contributed by atoms with Gasteiger partial charge >= 0.3 is 0 Å². The number of aliphatic hydroxyl groups is 1. The predicted molar refractivity (Wildman–Crippen MR) is 75.0 cm³/mol. The lowest BCUT2D eigenvalue weighted by Crippen LogP contribution is -2.21. The van der Waals surface area contributed by atoms with E-state index in [1.54, 1.807) is 11.3 Å². The van der Waals surface area contributed by atoms with Crippen LogP contribution in [0.25, 0.3) is 10.1 Å². The fraction of sp³-hybridized carbons (Fsp3) is 0.467. The molecule has 2 aromatic rings. The van der Waals surface area contributed by atoms with Crippen molar-refractivity contribution in [3.63, 3.8) is 0 Å². The van der Waals surface area contributed by atoms with Crippen LogP contribution in [0.4, 0.5) is 0 Å². The fourth-order valence-electron chi connectivity index (χ4n) is 2.65. The van der Waals surface area contributed by atoms with E-state index < -0.39 is 6.10 Å². The molecule has 1 N–H and O–H groups in total. The molecule has 0 aliphatic carbocycles. The number of fused-ring (bicyclic) bond motifs is 1. The Morgan fingerprint density at radius 3 is 3.11 bits per heavy atom. The summed E-state index contributed by atoms with van der Waals surface area (Å²) in [4.78, 5) is 0. The Morgan fingerprint density at radius 1 is 1.33 bits per heavy atom. The molecule has 18 heavy (non-hydrogen) atoms. The maximum Gasteiger partial charge on any atom is 0.0828 e. The summed E-state index contributed by atoms with van der Waals surface area (Å²) in [6, 6.07) is 8.26. The fourth-order valence-corrected chi connectivity index (χ4v) is 3.61. The van der Waals surface area contributed by atoms with Gasteiger partial charge in [0, 0.05) is 17.7 Å². The molecule has 2 unspecified atom stereocenters. The van der Waals surface area contributed by atoms with E-state index in [-0.39, 0.29) is 6.10 Å². The summed E-state index contributed by atoms with van der Waals surface area (Å²) in [6.45, 7) is 0.848. The van der Waals surface area contributed by atoms with Gasteiger partial charge in [-0.2, -0.15) is 0 Å². The van der Waals surface area contributed by atoms with Crippen LogP contribution in [-0.4, -0.2) is 17.8 Å². The third kappa shape index (κ3) is 2.44. The molecule has 2 nitrogen and oxygen atoms in total. The van der Waals surface area contributed by atoms with Gasteiger partial charge < -0.3 is 9.84 Å². The third-order valence-corrected chi connectivity index (χ3v) is 4.61. The number of benzene rings is 1. The third-order valence-electron chi connectivity index (χ3n) is 3.63. The van der Waals surface area contributed by atoms with Crippen molar-refractivity contribution in [1.29, 1.82) is 0 Å². The van der Waals surface area contributed by atoms with Crippen LogP contribution in [0.2, 0.25) is 0 Å². The van der Waals surface area contributed by atoms with Gasteiger partial charge in [0.25, 0.3) is 0 Å². The zero-order valence-corrected chi connectivity index (χ0v) is 11.2. The lowest BCUT2D eigenvalue weighted by atomic mass is 9.98. The molecule has 0 amide bonds. The first-order valence-electron chi connectivity index (χ1n) is 6.60. The normalized spacial score (nSPS) is 22.2. The molecule has 1 aliphatic heterocycles. The Morgan fingerprint density at radius 2 is 2.28 bits per heavy atom. The first kappa shape index (κ1) is 12.2. The highest BCUT2D eigenvalue weighted by molar-refractivity contribution is 7.17. The van der Waals surface area contributed by atoms with Crippen molar-refractivity contribution >= 4 is 21.4 Å². The average molecular weight is 262 g/mol. The summed E-state index contributed by atoms with van der Waals surface area (Å²) in [7, 11) is 0. The minimum absolute atomic E-state index is 0.226. The Labute approximate surface area is 111 Å². The maximum atomic E-state index is 10.4. The van der Waals surface area contributed by atoms with Crippen molar-refractivity contribution in [2.45, 2.75) is 37.9 Å². The zero-order valence-electron chi connectivity index (χ0n) is 10.3. The molecule has 2 heterocycles. The molecule has 1 aliphatic rings. The molecule has 0 spiro atoms. The number of hydrogen-bond acceptors (Lipinski definition) is 3. The van der Waals surface area contributed by atoms with Crippen LogP contribution in [0, 0.1) is 0 Å². The minimum atomic E-state index is -0.407. The first-order chi connectivity index (χ1) is 8.84. The smallest absolute Gasteiger partial charge is 0.0828 e. The van der Waals surface area contributed by atoms with E-state index in [1.807, 2.05) is 12.1 Å². The second kappa shape index (κ2) is 5.39. The SMILES string of the molecule is OC(CC1CCCCO1)c1cccc2ccsc12. The van der Waals surface area contributed by atoms with Gasteiger partial charge in [0.1, 0.15) is 0 Å². The average Bonchev–Trinajstić information content (AvgIpc) is 2.87. The first-order valence-corrected chi connectivity index (χ1v) is 7.48. The quantitative estimate of drug-likeness (QED) is 0.909. The van der Waals surface area contributed by atoms with Gasteiger partial charge in [-0.15, -0.1) is 11.3 Å². The number of aliphatic hydroxyl groups excluding tert-OH is 1. The summed E-state index contributed by atoms with van der Waals surface area (Å²) >= 11 is 1.70. The van der Waals surface area contributed by atoms with Crippen LogP contribution < -0.4 is 0 Å². The molecular formula is C15H18O2S. The van der Waals surface area contributed by atoms with E-state index in [2.05, 4.69) is 17.5 Å². The second-order valence-electron chi connectivity index (χ2n) is 4.93. The highest BCUT2D eigenvalue weighted by atomic mass is 32.1. The van der Waals surface area contributed by atoms with Gasteiger partial charge in [0.15, 0.2) is 0 Å². The molecule has 1 aromatic heterocycles. The molecular weight excluding hydrogens is 244 g/mol. The predicted octanol–water partition coefficient (Wildman–Crippen LogP) is 3.89. The monoisotopic (exact) mass is 262 g/mol. The van der Waals surface area contributed by atoms with Gasteiger partial charge in [-0.1, -0.05) is 18.2 Å². The van der Waals surface area contributed by atoms with Gasteiger partial charge in [-0.25, -0.2) is 0 Å². The van der Waals surface area contributed by atoms with Crippen molar-refractivity contribution in [2.75, 3.05) is 6.61 Å². The summed E-state index contributed by atoms with van der Waals surface area (Å²) in [6.07, 6.45) is 4.00. The van der Waals surface area contributed by atoms with Gasteiger partial charge in [0.05, 0.1) is 12.2 Å². The van der Waals surface area contributed by atoms with Crippen LogP contribution in [-0.2, 0) is 4.74 Å². The lowest BCUT2D eigenvalue weighted by molar-refractivity contribution is -0.0152. The van der Waals surface area contributed by atoms with Crippen molar-refractivity contribution in [2.24, 2.45) is 0 Å². The van der Waals surface area contributed by atoms with E-state index in [0.29, 0.717) is 0 Å². The highest BCUT2D eigenvalue weighted by Gasteiger charge is 2.20. The molecule has 1 fully saturated rings. The molecule has 96 valence electrons. The Balaban J connectivity index is 1.78. The molecule has 0 bridgehead atoms. The molecule has 1 aromatic carbocycles. The minimum Gasteiger partial charge on any atom is -0.388 e. The molecule has 0 saturated carbocycles. The van der Waals surface area contributed by atoms with E-state index in [9.17, 15) is 5.11 Å². The molecule has 1 saturated heterocycles. The molecule has 3 heteroatoms. The van der Waals surface area contributed by atoms with Crippen LogP contribution in [0.1, 0.15) is 37.4 Å². The highest BCUT2D eigenvalue weighted by Crippen LogP contribution is 2.32. The van der Waals surface area contributed by atoms with Gasteiger partial charge in [-0.3, -0.25) is 0 Å². The van der Waals surface area contributed by atoms with E-state index >= 15 is 0 Å². The maximum absolute atomic E-state index is 10.4. The van der Waals surface area contributed by atoms with Crippen LogP contribution in [0.3, 0.4) is 0 Å². The molecule has 2 atom stereocenters. The van der Waals surface area contributed by atoms with Crippen molar-refractivity contribution in [3.05, 3.63) is 35.2 Å². The topological polar surface area (TPSA) is 29.5 Å². The summed E-state index contributed by atoms with van der Waals surface area (Å²) in [5.74, 6) is 0. The summed E-state index contributed by atoms with van der Waals surface area (Å²) < 4.78 is 6.92. The lowest BCUT2D eigenvalue weighted by Gasteiger charge is -2.25. The van der Waals surface area contributed by atoms with Crippen LogP contribution in [0.15, 0.2) is 29.6 Å². The Bertz CT molecular complexity index is 514. The standard InChI is InChI=1S/C15H18O2S/c16-14(10-12-5-1-2-8-17-12)13-6-3-4-11-7-9-18-15(11)13/h3-4,6-7,9,12,14,16H,1-2,5,8,10H2. The number of thiophene rings is 1. The van der Waals surface area contributed by atoms with Crippen LogP contribution in [0.5, 0.6) is 0 Å². The molecule has 3 rings (SSSR count). The van der Waals surface area contributed by atoms with Gasteiger partial charge in [-0.05, 0) is 41.7 Å². The largest absolute Gasteiger partial charge is 0.388 e. The van der Waals surface area contributed by atoms with Crippen molar-refractivity contribution in [1.82, 2.24) is 0 Å². The van der Waals surface area contributed by atoms with E-state index in [4.69, 9.17) is 4.74 Å². The van der Waals surface area contributed by atoms with Crippen LogP contribution >= 0.6 is 11.3 Å². The zero-order chi connectivity index (χ0) is 12.4. The van der Waals surface area contributed by atoms with E-state index in [0.717, 1.165) is 31.4 Å². The Hall–Kier alpha value is -0.900. The second-order valence-corrected chi connectivity index (χ2v) is 5.84. The van der Waals surface area contributed by atoms with E-state index in [1.165, 1.54) is 16.5 Å². The number of rotatable bonds is 3. The van der Waals surface area contributed by atoms with Crippen molar-refractivity contribution in [3.8, 4) is 0 Å². The summed E-state index contributed by atoms with van der Waals surface area (Å²) in [5.41, 5.74) is 1.05. The van der Waals surface area contributed by atoms with Crippen molar-refractivity contribution < 1.29 is 9.84 Å². The van der Waals surface area contributed by atoms with Gasteiger partial charge in [0.2, 0.25) is 0 Å². The molecule has 0 radical (unpaired) electrons. The number of hydrogen-bond donors (Lipinski definition) is 1. The summed E-state index contributed by atoms with van der Waals surface area (Å²) in [5, 5.41) is 13.7.